The number of methoxy groups -OCH3 is 1. The first-order valence-electron chi connectivity index (χ1n) is 9.93. The summed E-state index contributed by atoms with van der Waals surface area (Å²) in [6.45, 7) is 1.70. The van der Waals surface area contributed by atoms with Crippen molar-refractivity contribution in [1.29, 1.82) is 0 Å². The minimum Gasteiger partial charge on any atom is -0.497 e. The van der Waals surface area contributed by atoms with Gasteiger partial charge in [0.15, 0.2) is 5.13 Å². The zero-order valence-corrected chi connectivity index (χ0v) is 19.1. The summed E-state index contributed by atoms with van der Waals surface area (Å²) >= 11 is 1.26. The summed E-state index contributed by atoms with van der Waals surface area (Å²) in [7, 11) is -2.33. The Morgan fingerprint density at radius 2 is 1.91 bits per heavy atom. The highest BCUT2D eigenvalue weighted by Crippen LogP contribution is 2.31. The van der Waals surface area contributed by atoms with Crippen LogP contribution in [-0.4, -0.2) is 49.2 Å². The molecule has 2 N–H and O–H groups in total. The van der Waals surface area contributed by atoms with Crippen LogP contribution in [0.4, 0.5) is 10.8 Å². The number of fused-ring (bicyclic) bond motifs is 1. The first-order chi connectivity index (χ1) is 15.3. The summed E-state index contributed by atoms with van der Waals surface area (Å²) in [6.07, 6.45) is 1.02. The topological polar surface area (TPSA) is 118 Å². The lowest BCUT2D eigenvalue weighted by Gasteiger charge is -2.23. The third kappa shape index (κ3) is 4.45. The first-order valence-corrected chi connectivity index (χ1v) is 12.2. The number of aromatic nitrogens is 1. The maximum absolute atomic E-state index is 13.1. The van der Waals surface area contributed by atoms with Crippen LogP contribution in [0, 0.1) is 0 Å². The number of ether oxygens (including phenoxy) is 1. The zero-order chi connectivity index (χ0) is 22.9. The molecule has 1 aromatic heterocycles. The van der Waals surface area contributed by atoms with E-state index in [1.807, 2.05) is 0 Å². The van der Waals surface area contributed by atoms with Crippen molar-refractivity contribution in [1.82, 2.24) is 9.29 Å². The van der Waals surface area contributed by atoms with Gasteiger partial charge in [0.1, 0.15) is 11.8 Å². The molecule has 2 aromatic carbocycles. The van der Waals surface area contributed by atoms with Crippen LogP contribution in [0.15, 0.2) is 47.4 Å². The second kappa shape index (κ2) is 8.85. The molecule has 3 aromatic rings. The molecule has 1 saturated heterocycles. The van der Waals surface area contributed by atoms with Gasteiger partial charge in [-0.3, -0.25) is 9.59 Å². The number of anilines is 2. The Morgan fingerprint density at radius 3 is 2.59 bits per heavy atom. The molecule has 1 aliphatic rings. The number of amides is 2. The van der Waals surface area contributed by atoms with E-state index >= 15 is 0 Å². The van der Waals surface area contributed by atoms with Crippen molar-refractivity contribution < 1.29 is 22.7 Å². The monoisotopic (exact) mass is 474 g/mol. The second-order valence-corrected chi connectivity index (χ2v) is 10.2. The van der Waals surface area contributed by atoms with Crippen molar-refractivity contribution in [3.63, 3.8) is 0 Å². The smallest absolute Gasteiger partial charge is 0.244 e. The van der Waals surface area contributed by atoms with Gasteiger partial charge in [0.2, 0.25) is 21.8 Å². The van der Waals surface area contributed by atoms with Crippen molar-refractivity contribution in [2.45, 2.75) is 30.7 Å². The molecule has 0 spiro atoms. The van der Waals surface area contributed by atoms with Gasteiger partial charge >= 0.3 is 0 Å². The number of nitrogens with one attached hydrogen (secondary N) is 2. The summed E-state index contributed by atoms with van der Waals surface area (Å²) in [4.78, 5) is 28.7. The number of nitrogens with zero attached hydrogens (tertiary/aromatic N) is 2. The molecule has 1 aliphatic heterocycles. The van der Waals surface area contributed by atoms with Gasteiger partial charge in [-0.25, -0.2) is 13.4 Å². The Bertz CT molecular complexity index is 1270. The summed E-state index contributed by atoms with van der Waals surface area (Å²) < 4.78 is 33.4. The molecule has 4 rings (SSSR count). The quantitative estimate of drug-likeness (QED) is 0.567. The molecular formula is C21H22N4O5S2. The highest BCUT2D eigenvalue weighted by atomic mass is 32.2. The lowest BCUT2D eigenvalue weighted by molar-refractivity contribution is -0.119. The predicted molar refractivity (Wildman–Crippen MR) is 122 cm³/mol. The van der Waals surface area contributed by atoms with Crippen LogP contribution < -0.4 is 15.4 Å². The number of carbonyl (C=O) groups is 2. The van der Waals surface area contributed by atoms with Gasteiger partial charge in [0, 0.05) is 19.2 Å². The number of carbonyl (C=O) groups excluding carboxylic acids is 2. The van der Waals surface area contributed by atoms with Crippen molar-refractivity contribution >= 4 is 54.2 Å². The van der Waals surface area contributed by atoms with Gasteiger partial charge < -0.3 is 15.4 Å². The standard InChI is InChI=1S/C21H22N4O5S2/c1-13(26)22-14-5-10-17-19(12-14)31-21(23-17)24-20(27)18-4-3-11-25(18)32(28,29)16-8-6-15(30-2)7-9-16/h5-10,12,18H,3-4,11H2,1-2H3,(H,22,26)(H,23,24,27). The highest BCUT2D eigenvalue weighted by molar-refractivity contribution is 7.89. The summed E-state index contributed by atoms with van der Waals surface area (Å²) in [5.74, 6) is -0.0420. The highest BCUT2D eigenvalue weighted by Gasteiger charge is 2.39. The van der Waals surface area contributed by atoms with Crippen molar-refractivity contribution in [2.24, 2.45) is 0 Å². The van der Waals surface area contributed by atoms with Crippen LogP contribution >= 0.6 is 11.3 Å². The van der Waals surface area contributed by atoms with E-state index in [1.54, 1.807) is 30.3 Å². The Hall–Kier alpha value is -3.02. The van der Waals surface area contributed by atoms with Crippen LogP contribution in [0.1, 0.15) is 19.8 Å². The van der Waals surface area contributed by atoms with E-state index < -0.39 is 22.0 Å². The van der Waals surface area contributed by atoms with Crippen LogP contribution in [0.2, 0.25) is 0 Å². The maximum atomic E-state index is 13.1. The number of sulfonamides is 1. The van der Waals surface area contributed by atoms with Gasteiger partial charge in [0.05, 0.1) is 22.2 Å². The summed E-state index contributed by atoms with van der Waals surface area (Å²) in [5.41, 5.74) is 1.31. The molecule has 168 valence electrons. The molecule has 11 heteroatoms. The predicted octanol–water partition coefficient (Wildman–Crippen LogP) is 3.06. The van der Waals surface area contributed by atoms with Gasteiger partial charge in [-0.1, -0.05) is 11.3 Å². The summed E-state index contributed by atoms with van der Waals surface area (Å²) in [6, 6.07) is 10.5. The Kier molecular flexibility index (Phi) is 6.13. The average molecular weight is 475 g/mol. The van der Waals surface area contributed by atoms with Gasteiger partial charge in [0.25, 0.3) is 0 Å². The fourth-order valence-corrected chi connectivity index (χ4v) is 6.19. The van der Waals surface area contributed by atoms with E-state index in [9.17, 15) is 18.0 Å². The van der Waals surface area contributed by atoms with Crippen LogP contribution in [0.3, 0.4) is 0 Å². The maximum Gasteiger partial charge on any atom is 0.244 e. The Balaban J connectivity index is 1.52. The fraction of sp³-hybridized carbons (Fsp3) is 0.286. The fourth-order valence-electron chi connectivity index (χ4n) is 3.62. The van der Waals surface area contributed by atoms with E-state index in [0.29, 0.717) is 34.9 Å². The molecule has 32 heavy (non-hydrogen) atoms. The molecule has 0 bridgehead atoms. The van der Waals surface area contributed by atoms with Crippen LogP contribution in [0.25, 0.3) is 10.2 Å². The van der Waals surface area contributed by atoms with Crippen LogP contribution in [0.5, 0.6) is 5.75 Å². The molecule has 2 amide bonds. The van der Waals surface area contributed by atoms with E-state index in [0.717, 1.165) is 4.70 Å². The molecule has 0 aliphatic carbocycles. The molecule has 0 radical (unpaired) electrons. The number of hydrogen-bond donors (Lipinski definition) is 2. The van der Waals surface area contributed by atoms with E-state index in [4.69, 9.17) is 4.74 Å². The van der Waals surface area contributed by atoms with Crippen LogP contribution in [-0.2, 0) is 19.6 Å². The minimum atomic E-state index is -3.83. The van der Waals surface area contributed by atoms with Crippen molar-refractivity contribution in [3.8, 4) is 5.75 Å². The van der Waals surface area contributed by atoms with Gasteiger partial charge in [-0.05, 0) is 55.3 Å². The van der Waals surface area contributed by atoms with E-state index in [1.165, 1.54) is 41.8 Å². The molecular weight excluding hydrogens is 452 g/mol. The largest absolute Gasteiger partial charge is 0.497 e. The van der Waals surface area contributed by atoms with Gasteiger partial charge in [-0.2, -0.15) is 4.31 Å². The molecule has 0 saturated carbocycles. The molecule has 9 nitrogen and oxygen atoms in total. The SMILES string of the molecule is COc1ccc(S(=O)(=O)N2CCCC2C(=O)Nc2nc3ccc(NC(C)=O)cc3s2)cc1. The van der Waals surface area contributed by atoms with Gasteiger partial charge in [-0.15, -0.1) is 0 Å². The number of thiazole rings is 1. The second-order valence-electron chi connectivity index (χ2n) is 7.32. The van der Waals surface area contributed by atoms with Crippen molar-refractivity contribution in [2.75, 3.05) is 24.3 Å². The minimum absolute atomic E-state index is 0.114. The van der Waals surface area contributed by atoms with Crippen molar-refractivity contribution in [3.05, 3.63) is 42.5 Å². The number of rotatable bonds is 6. The Labute approximate surface area is 189 Å². The normalized spacial score (nSPS) is 16.8. The molecule has 1 unspecified atom stereocenters. The Morgan fingerprint density at radius 1 is 1.16 bits per heavy atom. The molecule has 1 fully saturated rings. The van der Waals surface area contributed by atoms with E-state index in [-0.39, 0.29) is 17.3 Å². The number of hydrogen-bond acceptors (Lipinski definition) is 7. The summed E-state index contributed by atoms with van der Waals surface area (Å²) in [5, 5.41) is 5.84. The molecule has 1 atom stereocenters. The average Bonchev–Trinajstić information content (AvgIpc) is 3.40. The van der Waals surface area contributed by atoms with E-state index in [2.05, 4.69) is 15.6 Å². The first kappa shape index (κ1) is 22.2. The zero-order valence-electron chi connectivity index (χ0n) is 17.5. The third-order valence-corrected chi connectivity index (χ3v) is 7.97. The molecule has 2 heterocycles. The third-order valence-electron chi connectivity index (χ3n) is 5.11. The lowest BCUT2D eigenvalue weighted by Crippen LogP contribution is -2.43. The lowest BCUT2D eigenvalue weighted by atomic mass is 10.2. The number of benzene rings is 2.